The summed E-state index contributed by atoms with van der Waals surface area (Å²) in [6, 6.07) is 1.91. The van der Waals surface area contributed by atoms with E-state index in [1.807, 2.05) is 13.0 Å². The molecule has 16 heavy (non-hydrogen) atoms. The fraction of sp³-hybridized carbons (Fsp3) is 0.636. The molecule has 0 aliphatic rings. The van der Waals surface area contributed by atoms with Crippen LogP contribution in [-0.2, 0) is 4.74 Å². The highest BCUT2D eigenvalue weighted by molar-refractivity contribution is 7.99. The summed E-state index contributed by atoms with van der Waals surface area (Å²) in [4.78, 5) is 8.52. The maximum absolute atomic E-state index is 4.97. The lowest BCUT2D eigenvalue weighted by Crippen LogP contribution is -2.19. The third kappa shape index (κ3) is 6.05. The Morgan fingerprint density at radius 2 is 2.31 bits per heavy atom. The third-order valence-electron chi connectivity index (χ3n) is 1.98. The van der Waals surface area contributed by atoms with Crippen LogP contribution in [0, 0.1) is 6.92 Å². The SMILES string of the molecule is COCCCNCCSc1nccc(C)n1. The molecule has 5 heteroatoms. The molecule has 1 N–H and O–H groups in total. The van der Waals surface area contributed by atoms with Crippen molar-refractivity contribution in [2.75, 3.05) is 32.6 Å². The van der Waals surface area contributed by atoms with Crippen molar-refractivity contribution in [2.45, 2.75) is 18.5 Å². The highest BCUT2D eigenvalue weighted by atomic mass is 32.2. The Morgan fingerprint density at radius 3 is 3.06 bits per heavy atom. The molecule has 4 nitrogen and oxygen atoms in total. The molecule has 1 heterocycles. The molecule has 0 unspecified atom stereocenters. The molecule has 90 valence electrons. The van der Waals surface area contributed by atoms with Crippen LogP contribution in [0.25, 0.3) is 0 Å². The van der Waals surface area contributed by atoms with E-state index in [9.17, 15) is 0 Å². The summed E-state index contributed by atoms with van der Waals surface area (Å²) in [6.45, 7) is 4.78. The van der Waals surface area contributed by atoms with Gasteiger partial charge in [0.2, 0.25) is 0 Å². The molecule has 1 rings (SSSR count). The summed E-state index contributed by atoms with van der Waals surface area (Å²) in [5, 5.41) is 4.21. The van der Waals surface area contributed by atoms with Gasteiger partial charge in [-0.2, -0.15) is 0 Å². The second kappa shape index (κ2) is 8.50. The number of thioether (sulfide) groups is 1. The van der Waals surface area contributed by atoms with Crippen molar-refractivity contribution >= 4 is 11.8 Å². The topological polar surface area (TPSA) is 47.0 Å². The minimum Gasteiger partial charge on any atom is -0.385 e. The molecule has 0 aliphatic heterocycles. The second-order valence-corrected chi connectivity index (χ2v) is 4.49. The maximum Gasteiger partial charge on any atom is 0.187 e. The summed E-state index contributed by atoms with van der Waals surface area (Å²) in [7, 11) is 1.73. The van der Waals surface area contributed by atoms with E-state index in [0.29, 0.717) is 0 Å². The van der Waals surface area contributed by atoms with E-state index in [1.165, 1.54) is 0 Å². The van der Waals surface area contributed by atoms with Crippen LogP contribution >= 0.6 is 11.8 Å². The van der Waals surface area contributed by atoms with E-state index in [-0.39, 0.29) is 0 Å². The average Bonchev–Trinajstić information content (AvgIpc) is 2.28. The Labute approximate surface area is 101 Å². The highest BCUT2D eigenvalue weighted by Crippen LogP contribution is 2.10. The monoisotopic (exact) mass is 241 g/mol. The standard InChI is InChI=1S/C11H19N3OS/c1-10-4-6-13-11(14-10)16-9-7-12-5-3-8-15-2/h4,6,12H,3,5,7-9H2,1-2H3. The third-order valence-corrected chi connectivity index (χ3v) is 2.85. The Morgan fingerprint density at radius 1 is 1.44 bits per heavy atom. The van der Waals surface area contributed by atoms with Crippen molar-refractivity contribution in [3.63, 3.8) is 0 Å². The van der Waals surface area contributed by atoms with Crippen LogP contribution in [0.2, 0.25) is 0 Å². The first-order chi connectivity index (χ1) is 7.83. The minimum absolute atomic E-state index is 0.821. The molecular weight excluding hydrogens is 222 g/mol. The molecular formula is C11H19N3OS. The first-order valence-corrected chi connectivity index (χ1v) is 6.43. The predicted molar refractivity (Wildman–Crippen MR) is 66.9 cm³/mol. The molecule has 1 aromatic heterocycles. The van der Waals surface area contributed by atoms with Crippen LogP contribution in [0.4, 0.5) is 0 Å². The lowest BCUT2D eigenvalue weighted by molar-refractivity contribution is 0.194. The molecule has 0 aliphatic carbocycles. The molecule has 0 amide bonds. The first-order valence-electron chi connectivity index (χ1n) is 5.45. The molecule has 0 saturated heterocycles. The number of hydrogen-bond donors (Lipinski definition) is 1. The molecule has 0 spiro atoms. The highest BCUT2D eigenvalue weighted by Gasteiger charge is 1.96. The molecule has 0 fully saturated rings. The van der Waals surface area contributed by atoms with E-state index >= 15 is 0 Å². The second-order valence-electron chi connectivity index (χ2n) is 3.43. The Balaban J connectivity index is 2.03. The molecule has 0 atom stereocenters. The Bertz CT molecular complexity index is 296. The normalized spacial score (nSPS) is 10.6. The Hall–Kier alpha value is -0.650. The quantitative estimate of drug-likeness (QED) is 0.424. The largest absolute Gasteiger partial charge is 0.385 e. The van der Waals surface area contributed by atoms with Gasteiger partial charge in [0, 0.05) is 37.9 Å². The van der Waals surface area contributed by atoms with Crippen LogP contribution in [0.3, 0.4) is 0 Å². The number of aryl methyl sites for hydroxylation is 1. The summed E-state index contributed by atoms with van der Waals surface area (Å²) in [5.41, 5.74) is 1.02. The van der Waals surface area contributed by atoms with Crippen LogP contribution < -0.4 is 5.32 Å². The minimum atomic E-state index is 0.821. The summed E-state index contributed by atoms with van der Waals surface area (Å²) < 4.78 is 4.97. The predicted octanol–water partition coefficient (Wildman–Crippen LogP) is 1.50. The number of hydrogen-bond acceptors (Lipinski definition) is 5. The van der Waals surface area contributed by atoms with Gasteiger partial charge in [-0.15, -0.1) is 0 Å². The van der Waals surface area contributed by atoms with Crippen molar-refractivity contribution < 1.29 is 4.74 Å². The lowest BCUT2D eigenvalue weighted by Gasteiger charge is -2.03. The van der Waals surface area contributed by atoms with Gasteiger partial charge in [-0.3, -0.25) is 0 Å². The zero-order valence-corrected chi connectivity index (χ0v) is 10.7. The van der Waals surface area contributed by atoms with Crippen LogP contribution in [0.15, 0.2) is 17.4 Å². The van der Waals surface area contributed by atoms with Gasteiger partial charge in [0.1, 0.15) is 0 Å². The van der Waals surface area contributed by atoms with Crippen molar-refractivity contribution in [3.8, 4) is 0 Å². The van der Waals surface area contributed by atoms with Gasteiger partial charge in [-0.1, -0.05) is 11.8 Å². The van der Waals surface area contributed by atoms with Gasteiger partial charge in [-0.25, -0.2) is 9.97 Å². The van der Waals surface area contributed by atoms with E-state index < -0.39 is 0 Å². The van der Waals surface area contributed by atoms with Crippen LogP contribution in [0.5, 0.6) is 0 Å². The van der Waals surface area contributed by atoms with E-state index in [4.69, 9.17) is 4.74 Å². The van der Waals surface area contributed by atoms with Gasteiger partial charge >= 0.3 is 0 Å². The number of nitrogens with one attached hydrogen (secondary N) is 1. The number of rotatable bonds is 8. The van der Waals surface area contributed by atoms with E-state index in [0.717, 1.165) is 42.7 Å². The number of ether oxygens (including phenoxy) is 1. The van der Waals surface area contributed by atoms with Crippen LogP contribution in [0.1, 0.15) is 12.1 Å². The van der Waals surface area contributed by atoms with Gasteiger partial charge in [0.15, 0.2) is 5.16 Å². The number of methoxy groups -OCH3 is 1. The van der Waals surface area contributed by atoms with E-state index in [2.05, 4.69) is 15.3 Å². The zero-order chi connectivity index (χ0) is 11.6. The molecule has 0 bridgehead atoms. The van der Waals surface area contributed by atoms with Crippen molar-refractivity contribution in [1.82, 2.24) is 15.3 Å². The maximum atomic E-state index is 4.97. The average molecular weight is 241 g/mol. The van der Waals surface area contributed by atoms with Gasteiger partial charge in [0.05, 0.1) is 0 Å². The fourth-order valence-corrected chi connectivity index (χ4v) is 1.95. The Kier molecular flexibility index (Phi) is 7.12. The number of nitrogens with zero attached hydrogens (tertiary/aromatic N) is 2. The molecule has 0 radical (unpaired) electrons. The summed E-state index contributed by atoms with van der Waals surface area (Å²) in [6.07, 6.45) is 2.86. The van der Waals surface area contributed by atoms with Crippen molar-refractivity contribution in [3.05, 3.63) is 18.0 Å². The zero-order valence-electron chi connectivity index (χ0n) is 9.90. The summed E-state index contributed by atoms with van der Waals surface area (Å²) in [5.74, 6) is 0.996. The van der Waals surface area contributed by atoms with Gasteiger partial charge in [-0.05, 0) is 26.0 Å². The summed E-state index contributed by atoms with van der Waals surface area (Å²) >= 11 is 1.68. The van der Waals surface area contributed by atoms with Gasteiger partial charge < -0.3 is 10.1 Å². The lowest BCUT2D eigenvalue weighted by atomic mass is 10.4. The van der Waals surface area contributed by atoms with Gasteiger partial charge in [0.25, 0.3) is 0 Å². The van der Waals surface area contributed by atoms with Crippen molar-refractivity contribution in [2.24, 2.45) is 0 Å². The fourth-order valence-electron chi connectivity index (χ4n) is 1.18. The van der Waals surface area contributed by atoms with Crippen LogP contribution in [-0.4, -0.2) is 42.5 Å². The smallest absolute Gasteiger partial charge is 0.187 e. The van der Waals surface area contributed by atoms with Crippen molar-refractivity contribution in [1.29, 1.82) is 0 Å². The molecule has 0 saturated carbocycles. The van der Waals surface area contributed by atoms with E-state index in [1.54, 1.807) is 25.1 Å². The molecule has 0 aromatic carbocycles. The first kappa shape index (κ1) is 13.4. The molecule has 1 aromatic rings. The number of aromatic nitrogens is 2.